The van der Waals surface area contributed by atoms with Crippen LogP contribution in [0.2, 0.25) is 0 Å². The number of benzene rings is 2. The molecular formula is C26H26N2O2S. The maximum atomic E-state index is 6.35. The lowest BCUT2D eigenvalue weighted by Crippen LogP contribution is -2.40. The van der Waals surface area contributed by atoms with E-state index in [2.05, 4.69) is 40.6 Å². The zero-order chi connectivity index (χ0) is 20.8. The SMILES string of the molecule is Cc1ccc2c3c(ccc2n1)OC[C@H](CNC[C@H]1CCc2sc4ccccc4c2C1)O3. The van der Waals surface area contributed by atoms with Gasteiger partial charge in [-0.25, -0.2) is 0 Å². The van der Waals surface area contributed by atoms with E-state index in [-0.39, 0.29) is 6.10 Å². The fourth-order valence-electron chi connectivity index (χ4n) is 4.90. The van der Waals surface area contributed by atoms with E-state index in [1.165, 1.54) is 29.3 Å². The normalized spacial score (nSPS) is 20.2. The van der Waals surface area contributed by atoms with Gasteiger partial charge in [-0.05, 0) is 79.9 Å². The molecule has 6 rings (SSSR count). The molecule has 4 nitrogen and oxygen atoms in total. The Hall–Kier alpha value is -2.63. The number of rotatable bonds is 4. The fourth-order valence-corrected chi connectivity index (χ4v) is 6.15. The molecule has 0 saturated carbocycles. The lowest BCUT2D eigenvalue weighted by Gasteiger charge is -2.29. The zero-order valence-corrected chi connectivity index (χ0v) is 18.5. The summed E-state index contributed by atoms with van der Waals surface area (Å²) in [6, 6.07) is 16.9. The van der Waals surface area contributed by atoms with Crippen molar-refractivity contribution in [3.63, 3.8) is 0 Å². The van der Waals surface area contributed by atoms with Crippen molar-refractivity contribution in [2.24, 2.45) is 5.92 Å². The van der Waals surface area contributed by atoms with Crippen LogP contribution in [0.15, 0.2) is 48.5 Å². The zero-order valence-electron chi connectivity index (χ0n) is 17.7. The van der Waals surface area contributed by atoms with Gasteiger partial charge in [-0.15, -0.1) is 11.3 Å². The van der Waals surface area contributed by atoms with Crippen LogP contribution >= 0.6 is 11.3 Å². The average Bonchev–Trinajstić information content (AvgIpc) is 3.17. The molecule has 2 aromatic heterocycles. The van der Waals surface area contributed by atoms with Gasteiger partial charge in [-0.3, -0.25) is 4.98 Å². The van der Waals surface area contributed by atoms with Gasteiger partial charge in [0.25, 0.3) is 0 Å². The van der Waals surface area contributed by atoms with Gasteiger partial charge in [-0.1, -0.05) is 18.2 Å². The smallest absolute Gasteiger partial charge is 0.171 e. The monoisotopic (exact) mass is 430 g/mol. The number of ether oxygens (including phenoxy) is 2. The third kappa shape index (κ3) is 3.56. The second-order valence-corrected chi connectivity index (χ2v) is 9.87. The highest BCUT2D eigenvalue weighted by Crippen LogP contribution is 2.39. The largest absolute Gasteiger partial charge is 0.486 e. The van der Waals surface area contributed by atoms with Gasteiger partial charge in [0.2, 0.25) is 0 Å². The number of aryl methyl sites for hydroxylation is 2. The molecule has 1 aliphatic heterocycles. The summed E-state index contributed by atoms with van der Waals surface area (Å²) in [6.07, 6.45) is 3.65. The van der Waals surface area contributed by atoms with E-state index >= 15 is 0 Å². The number of aromatic nitrogens is 1. The van der Waals surface area contributed by atoms with Crippen molar-refractivity contribution in [2.75, 3.05) is 19.7 Å². The molecule has 1 aliphatic carbocycles. The maximum absolute atomic E-state index is 6.35. The van der Waals surface area contributed by atoms with Crippen molar-refractivity contribution < 1.29 is 9.47 Å². The number of thiophene rings is 1. The molecule has 0 bridgehead atoms. The summed E-state index contributed by atoms with van der Waals surface area (Å²) >= 11 is 1.98. The number of pyridine rings is 1. The van der Waals surface area contributed by atoms with Crippen LogP contribution < -0.4 is 14.8 Å². The highest BCUT2D eigenvalue weighted by Gasteiger charge is 2.25. The summed E-state index contributed by atoms with van der Waals surface area (Å²) in [4.78, 5) is 6.21. The van der Waals surface area contributed by atoms with E-state index in [1.807, 2.05) is 36.5 Å². The van der Waals surface area contributed by atoms with Crippen LogP contribution in [0.5, 0.6) is 11.5 Å². The van der Waals surface area contributed by atoms with Gasteiger partial charge in [0.1, 0.15) is 12.7 Å². The average molecular weight is 431 g/mol. The summed E-state index contributed by atoms with van der Waals surface area (Å²) in [6.45, 7) is 4.40. The molecule has 0 spiro atoms. The van der Waals surface area contributed by atoms with Gasteiger partial charge >= 0.3 is 0 Å². The lowest BCUT2D eigenvalue weighted by atomic mass is 9.87. The van der Waals surface area contributed by atoms with Crippen molar-refractivity contribution in [3.05, 3.63) is 64.7 Å². The second-order valence-electron chi connectivity index (χ2n) is 8.73. The fraction of sp³-hybridized carbons (Fsp3) is 0.346. The van der Waals surface area contributed by atoms with Crippen LogP contribution in [0, 0.1) is 12.8 Å². The Kier molecular flexibility index (Phi) is 4.81. The minimum atomic E-state index is 0.0144. The third-order valence-corrected chi connectivity index (χ3v) is 7.77. The number of hydrogen-bond acceptors (Lipinski definition) is 5. The first kappa shape index (κ1) is 19.1. The van der Waals surface area contributed by atoms with E-state index < -0.39 is 0 Å². The van der Waals surface area contributed by atoms with E-state index in [1.54, 1.807) is 10.4 Å². The molecule has 2 atom stereocenters. The van der Waals surface area contributed by atoms with E-state index in [9.17, 15) is 0 Å². The van der Waals surface area contributed by atoms with Crippen molar-refractivity contribution >= 4 is 32.3 Å². The molecule has 5 heteroatoms. The Bertz CT molecular complexity index is 1270. The Balaban J connectivity index is 1.10. The second kappa shape index (κ2) is 7.81. The molecule has 158 valence electrons. The van der Waals surface area contributed by atoms with Gasteiger partial charge in [-0.2, -0.15) is 0 Å². The van der Waals surface area contributed by atoms with E-state index in [0.29, 0.717) is 12.5 Å². The van der Waals surface area contributed by atoms with Crippen LogP contribution in [0.4, 0.5) is 0 Å². The van der Waals surface area contributed by atoms with Crippen LogP contribution in [-0.4, -0.2) is 30.8 Å². The molecule has 2 aliphatic rings. The van der Waals surface area contributed by atoms with Crippen molar-refractivity contribution in [3.8, 4) is 11.5 Å². The number of nitrogens with zero attached hydrogens (tertiary/aromatic N) is 1. The highest BCUT2D eigenvalue weighted by molar-refractivity contribution is 7.19. The van der Waals surface area contributed by atoms with Crippen LogP contribution in [0.3, 0.4) is 0 Å². The number of nitrogens with one attached hydrogen (secondary N) is 1. The van der Waals surface area contributed by atoms with Crippen molar-refractivity contribution in [2.45, 2.75) is 32.3 Å². The van der Waals surface area contributed by atoms with Gasteiger partial charge in [0.15, 0.2) is 11.5 Å². The van der Waals surface area contributed by atoms with Crippen LogP contribution in [0.25, 0.3) is 21.0 Å². The molecule has 0 radical (unpaired) electrons. The Morgan fingerprint density at radius 3 is 2.97 bits per heavy atom. The van der Waals surface area contributed by atoms with Gasteiger partial charge in [0.05, 0.1) is 5.52 Å². The first-order valence-corrected chi connectivity index (χ1v) is 12.0. The van der Waals surface area contributed by atoms with E-state index in [0.717, 1.165) is 41.2 Å². The summed E-state index contributed by atoms with van der Waals surface area (Å²) in [7, 11) is 0. The number of hydrogen-bond donors (Lipinski definition) is 1. The van der Waals surface area contributed by atoms with Gasteiger partial charge in [0, 0.05) is 27.2 Å². The third-order valence-electron chi connectivity index (χ3n) is 6.49. The molecule has 0 unspecified atom stereocenters. The molecule has 2 aromatic carbocycles. The highest BCUT2D eigenvalue weighted by atomic mass is 32.1. The summed E-state index contributed by atoms with van der Waals surface area (Å²) in [5.74, 6) is 2.32. The molecular weight excluding hydrogens is 404 g/mol. The van der Waals surface area contributed by atoms with Crippen molar-refractivity contribution in [1.29, 1.82) is 0 Å². The minimum Gasteiger partial charge on any atom is -0.486 e. The molecule has 1 N–H and O–H groups in total. The summed E-state index contributed by atoms with van der Waals surface area (Å²) < 4.78 is 13.8. The molecule has 0 saturated heterocycles. The maximum Gasteiger partial charge on any atom is 0.171 e. The van der Waals surface area contributed by atoms with Crippen molar-refractivity contribution in [1.82, 2.24) is 10.3 Å². The first-order chi connectivity index (χ1) is 15.2. The first-order valence-electron chi connectivity index (χ1n) is 11.1. The quantitative estimate of drug-likeness (QED) is 0.478. The van der Waals surface area contributed by atoms with Gasteiger partial charge < -0.3 is 14.8 Å². The standard InChI is InChI=1S/C26H26N2O2S/c1-16-6-8-20-22(28-16)9-10-23-26(20)30-18(15-29-23)14-27-13-17-7-11-25-21(12-17)19-4-2-3-5-24(19)31-25/h2-6,8-10,17-18,27H,7,11-15H2,1H3/t17-,18-/m0/s1. The molecule has 0 fully saturated rings. The number of fused-ring (bicyclic) bond motifs is 6. The molecule has 3 heterocycles. The Morgan fingerprint density at radius 2 is 2.00 bits per heavy atom. The summed E-state index contributed by atoms with van der Waals surface area (Å²) in [5.41, 5.74) is 3.55. The molecule has 4 aromatic rings. The Morgan fingerprint density at radius 1 is 1.06 bits per heavy atom. The summed E-state index contributed by atoms with van der Waals surface area (Å²) in [5, 5.41) is 6.15. The predicted octanol–water partition coefficient (Wildman–Crippen LogP) is 5.29. The lowest BCUT2D eigenvalue weighted by molar-refractivity contribution is 0.0915. The minimum absolute atomic E-state index is 0.0144. The van der Waals surface area contributed by atoms with Crippen LogP contribution in [0.1, 0.15) is 22.6 Å². The Labute approximate surface area is 186 Å². The molecule has 0 amide bonds. The van der Waals surface area contributed by atoms with E-state index in [4.69, 9.17) is 9.47 Å². The molecule has 31 heavy (non-hydrogen) atoms. The van der Waals surface area contributed by atoms with Crippen LogP contribution in [-0.2, 0) is 12.8 Å². The topological polar surface area (TPSA) is 43.4 Å². The predicted molar refractivity (Wildman–Crippen MR) is 127 cm³/mol.